The second kappa shape index (κ2) is 7.73. The maximum Gasteiger partial charge on any atom is 0.0928 e. The molecular weight excluding hydrogens is 296 g/mol. The largest absolute Gasteiger partial charge is 0.387 e. The minimum atomic E-state index is -0.640. The van der Waals surface area contributed by atoms with E-state index >= 15 is 0 Å². The molecule has 2 rings (SSSR count). The van der Waals surface area contributed by atoms with Gasteiger partial charge in [-0.05, 0) is 30.5 Å². The minimum absolute atomic E-state index is 0.0957. The fourth-order valence-electron chi connectivity index (χ4n) is 2.57. The van der Waals surface area contributed by atoms with Gasteiger partial charge in [-0.25, -0.2) is 0 Å². The van der Waals surface area contributed by atoms with Gasteiger partial charge in [-0.3, -0.25) is 4.98 Å². The van der Waals surface area contributed by atoms with Crippen LogP contribution in [-0.2, 0) is 0 Å². The van der Waals surface area contributed by atoms with E-state index in [9.17, 15) is 5.11 Å². The molecule has 2 aromatic rings. The van der Waals surface area contributed by atoms with Gasteiger partial charge >= 0.3 is 0 Å². The van der Waals surface area contributed by atoms with Crippen LogP contribution in [0.25, 0.3) is 0 Å². The molecule has 1 aromatic heterocycles. The summed E-state index contributed by atoms with van der Waals surface area (Å²) in [7, 11) is 0. The number of halogens is 1. The molecule has 1 heterocycles. The zero-order chi connectivity index (χ0) is 16.1. The fraction of sp³-hybridized carbons (Fsp3) is 0.389. The second-order valence-corrected chi connectivity index (χ2v) is 6.28. The molecule has 0 bridgehead atoms. The van der Waals surface area contributed by atoms with E-state index in [1.807, 2.05) is 30.5 Å². The first-order chi connectivity index (χ1) is 10.5. The number of pyridine rings is 1. The molecule has 3 nitrogen and oxygen atoms in total. The molecular formula is C18H23ClN2O. The van der Waals surface area contributed by atoms with E-state index in [2.05, 4.69) is 37.1 Å². The maximum atomic E-state index is 10.4. The maximum absolute atomic E-state index is 10.4. The monoisotopic (exact) mass is 318 g/mol. The molecule has 0 aliphatic heterocycles. The molecule has 118 valence electrons. The van der Waals surface area contributed by atoms with Gasteiger partial charge in [0, 0.05) is 23.3 Å². The van der Waals surface area contributed by atoms with Crippen molar-refractivity contribution in [2.75, 3.05) is 6.54 Å². The van der Waals surface area contributed by atoms with Crippen LogP contribution < -0.4 is 5.32 Å². The predicted molar refractivity (Wildman–Crippen MR) is 91.0 cm³/mol. The Morgan fingerprint density at radius 1 is 1.18 bits per heavy atom. The number of aromatic nitrogens is 1. The number of hydrogen-bond acceptors (Lipinski definition) is 3. The highest BCUT2D eigenvalue weighted by Crippen LogP contribution is 2.25. The molecule has 1 aromatic carbocycles. The Hall–Kier alpha value is -1.42. The molecule has 0 saturated heterocycles. The van der Waals surface area contributed by atoms with E-state index in [0.29, 0.717) is 17.5 Å². The lowest BCUT2D eigenvalue weighted by atomic mass is 9.97. The van der Waals surface area contributed by atoms with Gasteiger partial charge in [-0.15, -0.1) is 0 Å². The summed E-state index contributed by atoms with van der Waals surface area (Å²) >= 11 is 6.14. The normalized spacial score (nSPS) is 14.1. The lowest BCUT2D eigenvalue weighted by Gasteiger charge is -2.25. The first kappa shape index (κ1) is 16.9. The quantitative estimate of drug-likeness (QED) is 0.844. The Morgan fingerprint density at radius 2 is 1.91 bits per heavy atom. The Bertz CT molecular complexity index is 616. The van der Waals surface area contributed by atoms with Crippen molar-refractivity contribution < 1.29 is 5.11 Å². The average molecular weight is 319 g/mol. The van der Waals surface area contributed by atoms with Crippen LogP contribution in [0.2, 0.25) is 5.02 Å². The van der Waals surface area contributed by atoms with Gasteiger partial charge in [-0.2, -0.15) is 0 Å². The van der Waals surface area contributed by atoms with Gasteiger partial charge in [0.15, 0.2) is 0 Å². The van der Waals surface area contributed by atoms with Crippen LogP contribution in [0.1, 0.15) is 42.8 Å². The van der Waals surface area contributed by atoms with Gasteiger partial charge in [0.2, 0.25) is 0 Å². The Balaban J connectivity index is 2.10. The lowest BCUT2D eigenvalue weighted by Crippen LogP contribution is -2.31. The molecule has 2 unspecified atom stereocenters. The summed E-state index contributed by atoms with van der Waals surface area (Å²) in [6.45, 7) is 6.79. The van der Waals surface area contributed by atoms with Crippen LogP contribution in [0.3, 0.4) is 0 Å². The molecule has 0 aliphatic rings. The highest BCUT2D eigenvalue weighted by atomic mass is 35.5. The van der Waals surface area contributed by atoms with Gasteiger partial charge in [-0.1, -0.05) is 49.7 Å². The predicted octanol–water partition coefficient (Wildman–Crippen LogP) is 4.06. The van der Waals surface area contributed by atoms with Crippen LogP contribution >= 0.6 is 11.6 Å². The zero-order valence-electron chi connectivity index (χ0n) is 13.3. The fourth-order valence-corrected chi connectivity index (χ4v) is 2.83. The van der Waals surface area contributed by atoms with Gasteiger partial charge in [0.1, 0.15) is 0 Å². The van der Waals surface area contributed by atoms with Crippen LogP contribution in [0, 0.1) is 12.8 Å². The summed E-state index contributed by atoms with van der Waals surface area (Å²) in [4.78, 5) is 4.50. The number of nitrogens with one attached hydrogen (secondary N) is 1. The first-order valence-corrected chi connectivity index (χ1v) is 7.96. The van der Waals surface area contributed by atoms with Crippen molar-refractivity contribution in [3.63, 3.8) is 0 Å². The van der Waals surface area contributed by atoms with Crippen molar-refractivity contribution in [1.82, 2.24) is 10.3 Å². The summed E-state index contributed by atoms with van der Waals surface area (Å²) in [5.41, 5.74) is 2.93. The topological polar surface area (TPSA) is 45.2 Å². The first-order valence-electron chi connectivity index (χ1n) is 7.58. The summed E-state index contributed by atoms with van der Waals surface area (Å²) in [6.07, 6.45) is 1.17. The number of hydrogen-bond donors (Lipinski definition) is 2. The average Bonchev–Trinajstić information content (AvgIpc) is 2.49. The molecule has 0 amide bonds. The number of nitrogens with zero attached hydrogens (tertiary/aromatic N) is 1. The third-order valence-corrected chi connectivity index (χ3v) is 4.15. The van der Waals surface area contributed by atoms with Crippen LogP contribution in [0.4, 0.5) is 0 Å². The number of aryl methyl sites for hydroxylation is 1. The van der Waals surface area contributed by atoms with E-state index in [1.165, 1.54) is 0 Å². The molecule has 2 atom stereocenters. The highest BCUT2D eigenvalue weighted by Gasteiger charge is 2.20. The molecule has 0 fully saturated rings. The lowest BCUT2D eigenvalue weighted by molar-refractivity contribution is 0.165. The number of aliphatic hydroxyl groups excluding tert-OH is 1. The minimum Gasteiger partial charge on any atom is -0.387 e. The SMILES string of the molecule is Cc1cccnc1C(NCC(O)c1ccccc1Cl)C(C)C. The summed E-state index contributed by atoms with van der Waals surface area (Å²) in [5.74, 6) is 0.368. The molecule has 0 aliphatic carbocycles. The third kappa shape index (κ3) is 4.07. The number of benzene rings is 1. The van der Waals surface area contributed by atoms with Crippen molar-refractivity contribution in [1.29, 1.82) is 0 Å². The zero-order valence-corrected chi connectivity index (χ0v) is 14.0. The van der Waals surface area contributed by atoms with Crippen LogP contribution in [0.15, 0.2) is 42.6 Å². The number of aliphatic hydroxyl groups is 1. The standard InChI is InChI=1S/C18H23ClN2O/c1-12(2)17(18-13(3)7-6-10-20-18)21-11-16(22)14-8-4-5-9-15(14)19/h4-10,12,16-17,21-22H,11H2,1-3H3. The van der Waals surface area contributed by atoms with Crippen molar-refractivity contribution >= 4 is 11.6 Å². The third-order valence-electron chi connectivity index (χ3n) is 3.81. The van der Waals surface area contributed by atoms with Crippen molar-refractivity contribution in [2.24, 2.45) is 5.92 Å². The Morgan fingerprint density at radius 3 is 2.55 bits per heavy atom. The van der Waals surface area contributed by atoms with Crippen molar-refractivity contribution in [3.05, 3.63) is 64.4 Å². The molecule has 0 spiro atoms. The van der Waals surface area contributed by atoms with E-state index in [0.717, 1.165) is 16.8 Å². The smallest absolute Gasteiger partial charge is 0.0928 e. The van der Waals surface area contributed by atoms with Gasteiger partial charge < -0.3 is 10.4 Å². The van der Waals surface area contributed by atoms with E-state index in [4.69, 9.17) is 11.6 Å². The molecule has 4 heteroatoms. The molecule has 0 radical (unpaired) electrons. The second-order valence-electron chi connectivity index (χ2n) is 5.87. The van der Waals surface area contributed by atoms with E-state index in [-0.39, 0.29) is 6.04 Å². The van der Waals surface area contributed by atoms with Gasteiger partial charge in [0.05, 0.1) is 17.8 Å². The summed E-state index contributed by atoms with van der Waals surface area (Å²) < 4.78 is 0. The highest BCUT2D eigenvalue weighted by molar-refractivity contribution is 6.31. The van der Waals surface area contributed by atoms with Gasteiger partial charge in [0.25, 0.3) is 0 Å². The number of rotatable bonds is 6. The van der Waals surface area contributed by atoms with E-state index in [1.54, 1.807) is 6.07 Å². The molecule has 22 heavy (non-hydrogen) atoms. The van der Waals surface area contributed by atoms with Crippen LogP contribution in [-0.4, -0.2) is 16.6 Å². The Kier molecular flexibility index (Phi) is 5.95. The van der Waals surface area contributed by atoms with Crippen molar-refractivity contribution in [3.8, 4) is 0 Å². The molecule has 0 saturated carbocycles. The van der Waals surface area contributed by atoms with Crippen molar-refractivity contribution in [2.45, 2.75) is 32.9 Å². The Labute approximate surface area is 137 Å². The van der Waals surface area contributed by atoms with E-state index < -0.39 is 6.10 Å². The summed E-state index contributed by atoms with van der Waals surface area (Å²) in [6, 6.07) is 11.5. The van der Waals surface area contributed by atoms with Crippen LogP contribution in [0.5, 0.6) is 0 Å². The summed E-state index contributed by atoms with van der Waals surface area (Å²) in [5, 5.41) is 14.4. The molecule has 2 N–H and O–H groups in total.